The van der Waals surface area contributed by atoms with Crippen molar-refractivity contribution in [2.75, 3.05) is 17.6 Å². The van der Waals surface area contributed by atoms with Gasteiger partial charge in [-0.05, 0) is 37.0 Å². The summed E-state index contributed by atoms with van der Waals surface area (Å²) in [6, 6.07) is 7.27. The minimum absolute atomic E-state index is 0.130. The van der Waals surface area contributed by atoms with Crippen LogP contribution in [-0.4, -0.2) is 17.8 Å². The monoisotopic (exact) mass is 217 g/mol. The molecule has 0 bridgehead atoms. The molecule has 0 aliphatic heterocycles. The molecule has 16 heavy (non-hydrogen) atoms. The lowest BCUT2D eigenvalue weighted by molar-refractivity contribution is 0.0487. The second kappa shape index (κ2) is 4.42. The largest absolute Gasteiger partial charge is 0.397 e. The van der Waals surface area contributed by atoms with E-state index in [1.807, 2.05) is 0 Å². The van der Waals surface area contributed by atoms with Gasteiger partial charge in [0.05, 0.1) is 29.1 Å². The van der Waals surface area contributed by atoms with Gasteiger partial charge in [0, 0.05) is 6.54 Å². The summed E-state index contributed by atoms with van der Waals surface area (Å²) in [4.78, 5) is 0. The molecular formula is C12H15N3O. The van der Waals surface area contributed by atoms with Gasteiger partial charge in [0.2, 0.25) is 0 Å². The quantitative estimate of drug-likeness (QED) is 0.667. The molecule has 0 saturated heterocycles. The zero-order chi connectivity index (χ0) is 11.5. The van der Waals surface area contributed by atoms with E-state index in [1.165, 1.54) is 0 Å². The molecule has 1 fully saturated rings. The summed E-state index contributed by atoms with van der Waals surface area (Å²) in [6.07, 6.45) is 1.57. The van der Waals surface area contributed by atoms with Crippen LogP contribution >= 0.6 is 0 Å². The van der Waals surface area contributed by atoms with Crippen molar-refractivity contribution >= 4 is 11.4 Å². The summed E-state index contributed by atoms with van der Waals surface area (Å²) in [7, 11) is 0. The first-order valence-corrected chi connectivity index (χ1v) is 5.40. The molecule has 0 radical (unpaired) electrons. The zero-order valence-corrected chi connectivity index (χ0v) is 8.98. The molecule has 0 spiro atoms. The number of nitrogen functional groups attached to an aromatic ring is 1. The molecule has 4 N–H and O–H groups in total. The number of nitrogens with two attached hydrogens (primary N) is 1. The van der Waals surface area contributed by atoms with E-state index in [1.54, 1.807) is 18.2 Å². The van der Waals surface area contributed by atoms with Gasteiger partial charge in [-0.1, -0.05) is 0 Å². The summed E-state index contributed by atoms with van der Waals surface area (Å²) < 4.78 is 0. The van der Waals surface area contributed by atoms with Gasteiger partial charge >= 0.3 is 0 Å². The highest BCUT2D eigenvalue weighted by molar-refractivity contribution is 5.68. The Balaban J connectivity index is 1.95. The molecule has 4 nitrogen and oxygen atoms in total. The van der Waals surface area contributed by atoms with E-state index in [2.05, 4.69) is 11.4 Å². The van der Waals surface area contributed by atoms with Crippen LogP contribution in [-0.2, 0) is 0 Å². The Hall–Kier alpha value is -1.73. The van der Waals surface area contributed by atoms with E-state index >= 15 is 0 Å². The Morgan fingerprint density at radius 1 is 1.50 bits per heavy atom. The van der Waals surface area contributed by atoms with Crippen LogP contribution < -0.4 is 11.1 Å². The Labute approximate surface area is 94.7 Å². The molecule has 1 aromatic rings. The minimum Gasteiger partial charge on any atom is -0.397 e. The van der Waals surface area contributed by atoms with Gasteiger partial charge < -0.3 is 16.2 Å². The molecule has 4 heteroatoms. The first-order valence-electron chi connectivity index (χ1n) is 5.40. The SMILES string of the molecule is N#Cc1ccc(N)c(NCC2CC(O)C2)c1. The van der Waals surface area contributed by atoms with Crippen LogP contribution in [0.3, 0.4) is 0 Å². The van der Waals surface area contributed by atoms with Gasteiger partial charge in [0.15, 0.2) is 0 Å². The van der Waals surface area contributed by atoms with Crippen LogP contribution in [0.15, 0.2) is 18.2 Å². The van der Waals surface area contributed by atoms with Crippen LogP contribution in [0.1, 0.15) is 18.4 Å². The second-order valence-corrected chi connectivity index (χ2v) is 4.29. The number of nitrogens with zero attached hydrogens (tertiary/aromatic N) is 1. The van der Waals surface area contributed by atoms with E-state index in [-0.39, 0.29) is 6.10 Å². The summed E-state index contributed by atoms with van der Waals surface area (Å²) >= 11 is 0. The van der Waals surface area contributed by atoms with Crippen molar-refractivity contribution in [2.24, 2.45) is 5.92 Å². The number of rotatable bonds is 3. The second-order valence-electron chi connectivity index (χ2n) is 4.29. The van der Waals surface area contributed by atoms with Gasteiger partial charge in [-0.2, -0.15) is 5.26 Å². The Morgan fingerprint density at radius 3 is 2.88 bits per heavy atom. The van der Waals surface area contributed by atoms with E-state index < -0.39 is 0 Å². The number of nitrogens with one attached hydrogen (secondary N) is 1. The normalized spacial score (nSPS) is 23.2. The summed E-state index contributed by atoms with van der Waals surface area (Å²) in [6.45, 7) is 0.802. The number of aliphatic hydroxyl groups excluding tert-OH is 1. The average molecular weight is 217 g/mol. The van der Waals surface area contributed by atoms with Crippen molar-refractivity contribution < 1.29 is 5.11 Å². The molecule has 2 rings (SSSR count). The number of benzene rings is 1. The molecule has 0 aromatic heterocycles. The molecule has 0 unspecified atom stereocenters. The molecular weight excluding hydrogens is 202 g/mol. The maximum atomic E-state index is 9.16. The maximum absolute atomic E-state index is 9.16. The Bertz CT molecular complexity index is 419. The van der Waals surface area contributed by atoms with E-state index in [9.17, 15) is 0 Å². The fraction of sp³-hybridized carbons (Fsp3) is 0.417. The van der Waals surface area contributed by atoms with Gasteiger partial charge in [0.25, 0.3) is 0 Å². The summed E-state index contributed by atoms with van der Waals surface area (Å²) in [5.41, 5.74) is 7.86. The average Bonchev–Trinajstić information content (AvgIpc) is 2.25. The van der Waals surface area contributed by atoms with Gasteiger partial charge in [-0.15, -0.1) is 0 Å². The lowest BCUT2D eigenvalue weighted by atomic mass is 9.82. The topological polar surface area (TPSA) is 82.1 Å². The standard InChI is InChI=1S/C12H15N3O/c13-6-8-1-2-11(14)12(5-8)15-7-9-3-10(16)4-9/h1-2,5,9-10,15-16H,3-4,7,14H2. The number of nitriles is 1. The van der Waals surface area contributed by atoms with Crippen molar-refractivity contribution in [1.82, 2.24) is 0 Å². The van der Waals surface area contributed by atoms with Crippen molar-refractivity contribution in [3.63, 3.8) is 0 Å². The highest BCUT2D eigenvalue weighted by Gasteiger charge is 2.26. The van der Waals surface area contributed by atoms with Crippen LogP contribution in [0.2, 0.25) is 0 Å². The first-order chi connectivity index (χ1) is 7.69. The molecule has 1 saturated carbocycles. The predicted molar refractivity (Wildman–Crippen MR) is 62.8 cm³/mol. The molecule has 0 amide bonds. The fourth-order valence-electron chi connectivity index (χ4n) is 1.90. The molecule has 0 atom stereocenters. The molecule has 1 aromatic carbocycles. The smallest absolute Gasteiger partial charge is 0.0992 e. The van der Waals surface area contributed by atoms with Gasteiger partial charge in [0.1, 0.15) is 0 Å². The lowest BCUT2D eigenvalue weighted by Gasteiger charge is -2.31. The van der Waals surface area contributed by atoms with Crippen LogP contribution in [0.25, 0.3) is 0 Å². The molecule has 0 heterocycles. The third-order valence-corrected chi connectivity index (χ3v) is 2.97. The summed E-state index contributed by atoms with van der Waals surface area (Å²) in [5.74, 6) is 0.514. The number of hydrogen-bond acceptors (Lipinski definition) is 4. The highest BCUT2D eigenvalue weighted by atomic mass is 16.3. The molecule has 1 aliphatic carbocycles. The van der Waals surface area contributed by atoms with Crippen LogP contribution in [0.4, 0.5) is 11.4 Å². The van der Waals surface area contributed by atoms with Crippen molar-refractivity contribution in [2.45, 2.75) is 18.9 Å². The zero-order valence-electron chi connectivity index (χ0n) is 8.98. The van der Waals surface area contributed by atoms with Crippen LogP contribution in [0.5, 0.6) is 0 Å². The number of aliphatic hydroxyl groups is 1. The van der Waals surface area contributed by atoms with Crippen molar-refractivity contribution in [3.8, 4) is 6.07 Å². The van der Waals surface area contributed by atoms with E-state index in [4.69, 9.17) is 16.1 Å². The predicted octanol–water partition coefficient (Wildman–Crippen LogP) is 1.32. The van der Waals surface area contributed by atoms with Crippen molar-refractivity contribution in [1.29, 1.82) is 5.26 Å². The molecule has 1 aliphatic rings. The minimum atomic E-state index is -0.130. The van der Waals surface area contributed by atoms with Gasteiger partial charge in [-0.25, -0.2) is 0 Å². The molecule has 84 valence electrons. The lowest BCUT2D eigenvalue weighted by Crippen LogP contribution is -2.33. The van der Waals surface area contributed by atoms with Crippen LogP contribution in [0, 0.1) is 17.2 Å². The number of hydrogen-bond donors (Lipinski definition) is 3. The fourth-order valence-corrected chi connectivity index (χ4v) is 1.90. The Kier molecular flexibility index (Phi) is 2.97. The first kappa shape index (κ1) is 10.8. The summed E-state index contributed by atoms with van der Waals surface area (Å²) in [5, 5.41) is 21.2. The van der Waals surface area contributed by atoms with Crippen molar-refractivity contribution in [3.05, 3.63) is 23.8 Å². The van der Waals surface area contributed by atoms with E-state index in [0.717, 1.165) is 25.1 Å². The highest BCUT2D eigenvalue weighted by Crippen LogP contribution is 2.28. The third kappa shape index (κ3) is 2.26. The third-order valence-electron chi connectivity index (χ3n) is 2.97. The maximum Gasteiger partial charge on any atom is 0.0992 e. The van der Waals surface area contributed by atoms with Gasteiger partial charge in [-0.3, -0.25) is 0 Å². The number of anilines is 2. The van der Waals surface area contributed by atoms with E-state index in [0.29, 0.717) is 17.2 Å². The Morgan fingerprint density at radius 2 is 2.25 bits per heavy atom.